The van der Waals surface area contributed by atoms with E-state index in [0.717, 1.165) is 12.8 Å². The third-order valence-electron chi connectivity index (χ3n) is 4.65. The van der Waals surface area contributed by atoms with Crippen LogP contribution in [0.1, 0.15) is 18.4 Å². The van der Waals surface area contributed by atoms with E-state index in [9.17, 15) is 13.2 Å². The topological polar surface area (TPSA) is 116 Å². The minimum atomic E-state index is -3.66. The van der Waals surface area contributed by atoms with Gasteiger partial charge in [0.25, 0.3) is 0 Å². The molecule has 0 unspecified atom stereocenters. The molecule has 2 atom stereocenters. The van der Waals surface area contributed by atoms with Crippen LogP contribution in [-0.2, 0) is 14.8 Å². The fourth-order valence-corrected chi connectivity index (χ4v) is 4.64. The number of nitrogens with zero attached hydrogens (tertiary/aromatic N) is 2. The Kier molecular flexibility index (Phi) is 4.58. The number of rotatable bonds is 6. The average Bonchev–Trinajstić information content (AvgIpc) is 3.30. The van der Waals surface area contributed by atoms with Crippen LogP contribution in [0, 0.1) is 23.2 Å². The van der Waals surface area contributed by atoms with E-state index >= 15 is 0 Å². The van der Waals surface area contributed by atoms with Crippen LogP contribution in [0.15, 0.2) is 29.2 Å². The molecule has 1 aromatic carbocycles. The molecule has 2 fully saturated rings. The number of hydrogen-bond acceptors (Lipinski definition) is 5. The third-order valence-corrected chi connectivity index (χ3v) is 6.15. The van der Waals surface area contributed by atoms with Gasteiger partial charge in [-0.05, 0) is 48.9 Å². The Morgan fingerprint density at radius 1 is 1.29 bits per heavy atom. The van der Waals surface area contributed by atoms with Gasteiger partial charge in [0, 0.05) is 19.1 Å². The average molecular weight is 348 g/mol. The molecule has 7 nitrogen and oxygen atoms in total. The van der Waals surface area contributed by atoms with Gasteiger partial charge in [-0.3, -0.25) is 9.69 Å². The lowest BCUT2D eigenvalue weighted by Gasteiger charge is -2.19. The second kappa shape index (κ2) is 6.51. The molecule has 0 spiro atoms. The van der Waals surface area contributed by atoms with Crippen molar-refractivity contribution in [2.75, 3.05) is 19.6 Å². The SMILES string of the molecule is N#Cc1ccc(S(=O)(=O)N[C@@H]2CN(CC(N)=O)C[C@H]2C2CC2)cc1. The first-order valence-corrected chi connectivity index (χ1v) is 9.40. The summed E-state index contributed by atoms with van der Waals surface area (Å²) in [6.45, 7) is 1.33. The molecule has 3 N–H and O–H groups in total. The Hall–Kier alpha value is -1.95. The van der Waals surface area contributed by atoms with Gasteiger partial charge in [-0.2, -0.15) is 5.26 Å². The van der Waals surface area contributed by atoms with E-state index in [1.54, 1.807) is 0 Å². The van der Waals surface area contributed by atoms with Gasteiger partial charge in [0.2, 0.25) is 15.9 Å². The van der Waals surface area contributed by atoms with Crippen molar-refractivity contribution in [1.82, 2.24) is 9.62 Å². The molecule has 2 aliphatic rings. The lowest BCUT2D eigenvalue weighted by molar-refractivity contribution is -0.118. The van der Waals surface area contributed by atoms with Crippen LogP contribution < -0.4 is 10.5 Å². The van der Waals surface area contributed by atoms with E-state index in [1.165, 1.54) is 24.3 Å². The highest BCUT2D eigenvalue weighted by molar-refractivity contribution is 7.89. The second-order valence-corrected chi connectivity index (χ2v) is 8.24. The Morgan fingerprint density at radius 3 is 2.50 bits per heavy atom. The molecule has 24 heavy (non-hydrogen) atoms. The normalized spacial score (nSPS) is 24.6. The van der Waals surface area contributed by atoms with Gasteiger partial charge in [-0.1, -0.05) is 0 Å². The molecule has 8 heteroatoms. The summed E-state index contributed by atoms with van der Waals surface area (Å²) in [6.07, 6.45) is 2.20. The van der Waals surface area contributed by atoms with Crippen LogP contribution in [-0.4, -0.2) is 44.9 Å². The second-order valence-electron chi connectivity index (χ2n) is 6.53. The van der Waals surface area contributed by atoms with Crippen molar-refractivity contribution in [3.8, 4) is 6.07 Å². The molecule has 1 aliphatic carbocycles. The summed E-state index contributed by atoms with van der Waals surface area (Å²) in [7, 11) is -3.66. The van der Waals surface area contributed by atoms with E-state index in [0.29, 0.717) is 24.6 Å². The lowest BCUT2D eigenvalue weighted by atomic mass is 9.99. The molecule has 1 amide bonds. The van der Waals surface area contributed by atoms with Crippen LogP contribution in [0.5, 0.6) is 0 Å². The lowest BCUT2D eigenvalue weighted by Crippen LogP contribution is -2.41. The van der Waals surface area contributed by atoms with Crippen LogP contribution in [0.2, 0.25) is 0 Å². The molecular weight excluding hydrogens is 328 g/mol. The summed E-state index contributed by atoms with van der Waals surface area (Å²) in [5, 5.41) is 8.81. The highest BCUT2D eigenvalue weighted by atomic mass is 32.2. The van der Waals surface area contributed by atoms with Crippen molar-refractivity contribution in [3.05, 3.63) is 29.8 Å². The fourth-order valence-electron chi connectivity index (χ4n) is 3.37. The smallest absolute Gasteiger partial charge is 0.240 e. The minimum absolute atomic E-state index is 0.143. The molecule has 1 saturated carbocycles. The number of hydrogen-bond donors (Lipinski definition) is 2. The quantitative estimate of drug-likeness (QED) is 0.752. The van der Waals surface area contributed by atoms with Gasteiger partial charge in [0.1, 0.15) is 0 Å². The highest BCUT2D eigenvalue weighted by Crippen LogP contribution is 2.41. The number of likely N-dealkylation sites (tertiary alicyclic amines) is 1. The van der Waals surface area contributed by atoms with Crippen LogP contribution >= 0.6 is 0 Å². The zero-order valence-electron chi connectivity index (χ0n) is 13.2. The maximum absolute atomic E-state index is 12.6. The number of benzene rings is 1. The Bertz CT molecular complexity index is 766. The van der Waals surface area contributed by atoms with Gasteiger partial charge in [0.15, 0.2) is 0 Å². The predicted octanol–water partition coefficient (Wildman–Crippen LogP) is 0.0323. The van der Waals surface area contributed by atoms with E-state index in [-0.39, 0.29) is 23.4 Å². The molecule has 0 aromatic heterocycles. The zero-order valence-corrected chi connectivity index (χ0v) is 14.0. The zero-order chi connectivity index (χ0) is 17.3. The largest absolute Gasteiger partial charge is 0.369 e. The molecule has 1 heterocycles. The monoisotopic (exact) mass is 348 g/mol. The first-order chi connectivity index (χ1) is 11.4. The maximum atomic E-state index is 12.6. The molecule has 128 valence electrons. The van der Waals surface area contributed by atoms with Gasteiger partial charge in [-0.15, -0.1) is 0 Å². The first-order valence-electron chi connectivity index (χ1n) is 7.92. The van der Waals surface area contributed by atoms with E-state index in [4.69, 9.17) is 11.0 Å². The number of nitriles is 1. The Labute approximate surface area is 141 Å². The van der Waals surface area contributed by atoms with E-state index < -0.39 is 15.9 Å². The van der Waals surface area contributed by atoms with Crippen molar-refractivity contribution >= 4 is 15.9 Å². The summed E-state index contributed by atoms with van der Waals surface area (Å²) >= 11 is 0. The number of carbonyl (C=O) groups is 1. The summed E-state index contributed by atoms with van der Waals surface area (Å²) in [5.74, 6) is 0.314. The summed E-state index contributed by atoms with van der Waals surface area (Å²) < 4.78 is 28.0. The number of sulfonamides is 1. The van der Waals surface area contributed by atoms with Crippen LogP contribution in [0.3, 0.4) is 0 Å². The highest BCUT2D eigenvalue weighted by Gasteiger charge is 2.44. The molecule has 1 aliphatic heterocycles. The number of nitrogens with one attached hydrogen (secondary N) is 1. The first kappa shape index (κ1) is 16.9. The van der Waals surface area contributed by atoms with E-state index in [2.05, 4.69) is 4.72 Å². The number of amides is 1. The van der Waals surface area contributed by atoms with E-state index in [1.807, 2.05) is 11.0 Å². The van der Waals surface area contributed by atoms with Gasteiger partial charge in [0.05, 0.1) is 23.1 Å². The van der Waals surface area contributed by atoms with Crippen molar-refractivity contribution in [2.45, 2.75) is 23.8 Å². The predicted molar refractivity (Wildman–Crippen MR) is 87.1 cm³/mol. The van der Waals surface area contributed by atoms with Crippen molar-refractivity contribution in [2.24, 2.45) is 17.6 Å². The summed E-state index contributed by atoms with van der Waals surface area (Å²) in [6, 6.07) is 7.58. The standard InChI is InChI=1S/C16H20N4O3S/c17-7-11-1-5-13(6-2-11)24(22,23)19-15-9-20(10-16(18)21)8-14(15)12-3-4-12/h1-2,5-6,12,14-15,19H,3-4,8-10H2,(H2,18,21)/t14-,15+/m0/s1. The van der Waals surface area contributed by atoms with Gasteiger partial charge >= 0.3 is 0 Å². The molecule has 0 radical (unpaired) electrons. The third kappa shape index (κ3) is 3.75. The Balaban J connectivity index is 1.74. The van der Waals surface area contributed by atoms with Crippen LogP contribution in [0.25, 0.3) is 0 Å². The maximum Gasteiger partial charge on any atom is 0.240 e. The molecule has 1 saturated heterocycles. The van der Waals surface area contributed by atoms with Crippen molar-refractivity contribution in [1.29, 1.82) is 5.26 Å². The van der Waals surface area contributed by atoms with Gasteiger partial charge < -0.3 is 5.73 Å². The molecule has 3 rings (SSSR count). The molecular formula is C16H20N4O3S. The number of carbonyl (C=O) groups excluding carboxylic acids is 1. The van der Waals surface area contributed by atoms with Crippen LogP contribution in [0.4, 0.5) is 0 Å². The Morgan fingerprint density at radius 2 is 1.96 bits per heavy atom. The fraction of sp³-hybridized carbons (Fsp3) is 0.500. The molecule has 1 aromatic rings. The summed E-state index contributed by atoms with van der Waals surface area (Å²) in [5.41, 5.74) is 5.67. The van der Waals surface area contributed by atoms with Gasteiger partial charge in [-0.25, -0.2) is 13.1 Å². The molecule has 0 bridgehead atoms. The van der Waals surface area contributed by atoms with Crippen molar-refractivity contribution in [3.63, 3.8) is 0 Å². The number of nitrogens with two attached hydrogens (primary N) is 1. The summed E-state index contributed by atoms with van der Waals surface area (Å²) in [4.78, 5) is 13.2. The number of primary amides is 1. The minimum Gasteiger partial charge on any atom is -0.369 e. The van der Waals surface area contributed by atoms with Crippen molar-refractivity contribution < 1.29 is 13.2 Å².